The van der Waals surface area contributed by atoms with Crippen LogP contribution in [0.1, 0.15) is 149 Å². The molecule has 186 valence electrons. The van der Waals surface area contributed by atoms with E-state index in [4.69, 9.17) is 9.47 Å². The molecule has 1 unspecified atom stereocenters. The molecule has 1 atom stereocenters. The minimum Gasteiger partial charge on any atom is -0.483 e. The van der Waals surface area contributed by atoms with E-state index in [1.54, 1.807) is 6.92 Å². The Hall–Kier alpha value is -1.32. The third-order valence-electron chi connectivity index (χ3n) is 6.44. The first kappa shape index (κ1) is 28.7. The first-order chi connectivity index (χ1) is 15.6. The highest BCUT2D eigenvalue weighted by molar-refractivity contribution is 6.00. The molecule has 4 heteroatoms. The van der Waals surface area contributed by atoms with Crippen molar-refractivity contribution in [2.24, 2.45) is 0 Å². The Morgan fingerprint density at radius 1 is 0.719 bits per heavy atom. The van der Waals surface area contributed by atoms with E-state index in [1.165, 1.54) is 103 Å². The summed E-state index contributed by atoms with van der Waals surface area (Å²) in [5.41, 5.74) is 0. The summed E-state index contributed by atoms with van der Waals surface area (Å²) in [7, 11) is 0. The fraction of sp³-hybridized carbons (Fsp3) is 0.857. The number of allylic oxidation sites excluding steroid dienone is 1. The lowest BCUT2D eigenvalue weighted by molar-refractivity contribution is -0.142. The molecule has 0 saturated carbocycles. The number of carbonyl (C=O) groups is 2. The van der Waals surface area contributed by atoms with Crippen molar-refractivity contribution in [1.82, 2.24) is 0 Å². The Labute approximate surface area is 197 Å². The number of carbonyl (C=O) groups excluding carboxylic acids is 2. The predicted octanol–water partition coefficient (Wildman–Crippen LogP) is 8.57. The number of esters is 1. The number of rotatable bonds is 21. The average molecular weight is 451 g/mol. The van der Waals surface area contributed by atoms with Crippen LogP contribution in [0.15, 0.2) is 11.5 Å². The Balaban J connectivity index is 1.84. The van der Waals surface area contributed by atoms with E-state index in [0.29, 0.717) is 18.6 Å². The Kier molecular flexibility index (Phi) is 17.2. The van der Waals surface area contributed by atoms with Crippen molar-refractivity contribution in [2.45, 2.75) is 155 Å². The summed E-state index contributed by atoms with van der Waals surface area (Å²) in [5.74, 6) is 0.113. The van der Waals surface area contributed by atoms with Crippen LogP contribution in [0.4, 0.5) is 0 Å². The van der Waals surface area contributed by atoms with Crippen molar-refractivity contribution in [3.8, 4) is 0 Å². The number of unbranched alkanes of at least 4 members (excludes halogenated alkanes) is 17. The molecule has 0 radical (unpaired) electrons. The van der Waals surface area contributed by atoms with Gasteiger partial charge in [0.25, 0.3) is 0 Å². The second kappa shape index (κ2) is 19.2. The van der Waals surface area contributed by atoms with E-state index in [1.807, 2.05) is 6.92 Å². The molecule has 0 bridgehead atoms. The minimum absolute atomic E-state index is 0.132. The van der Waals surface area contributed by atoms with Gasteiger partial charge in [-0.05, 0) is 13.3 Å². The van der Waals surface area contributed by atoms with Gasteiger partial charge in [0.2, 0.25) is 11.5 Å². The lowest BCUT2D eigenvalue weighted by Crippen LogP contribution is -2.16. The molecule has 4 nitrogen and oxygen atoms in total. The Morgan fingerprint density at radius 3 is 1.53 bits per heavy atom. The monoisotopic (exact) mass is 450 g/mol. The lowest BCUT2D eigenvalue weighted by Gasteiger charge is -2.05. The van der Waals surface area contributed by atoms with Crippen LogP contribution < -0.4 is 0 Å². The summed E-state index contributed by atoms with van der Waals surface area (Å²) in [6.45, 7) is 5.86. The van der Waals surface area contributed by atoms with Gasteiger partial charge in [-0.1, -0.05) is 123 Å². The van der Waals surface area contributed by atoms with Gasteiger partial charge in [-0.15, -0.1) is 0 Å². The molecule has 0 N–H and O–H groups in total. The van der Waals surface area contributed by atoms with E-state index in [2.05, 4.69) is 6.92 Å². The van der Waals surface area contributed by atoms with Gasteiger partial charge in [-0.2, -0.15) is 0 Å². The van der Waals surface area contributed by atoms with Crippen molar-refractivity contribution in [3.05, 3.63) is 11.5 Å². The second-order valence-electron chi connectivity index (χ2n) is 9.46. The van der Waals surface area contributed by atoms with Crippen molar-refractivity contribution in [1.29, 1.82) is 0 Å². The fourth-order valence-corrected chi connectivity index (χ4v) is 4.33. The van der Waals surface area contributed by atoms with Crippen LogP contribution in [-0.2, 0) is 19.1 Å². The highest BCUT2D eigenvalue weighted by Crippen LogP contribution is 2.25. The Morgan fingerprint density at radius 2 is 1.12 bits per heavy atom. The fourth-order valence-electron chi connectivity index (χ4n) is 4.33. The molecule has 0 aromatic rings. The van der Waals surface area contributed by atoms with Gasteiger partial charge in [0.15, 0.2) is 6.10 Å². The molecule has 0 fully saturated rings. The maximum Gasteiger partial charge on any atom is 0.311 e. The topological polar surface area (TPSA) is 52.6 Å². The van der Waals surface area contributed by atoms with Gasteiger partial charge in [-0.3, -0.25) is 9.59 Å². The number of Topliss-reactive ketones (excluding diaryl/α,β-unsaturated/α-hetero) is 1. The van der Waals surface area contributed by atoms with E-state index >= 15 is 0 Å². The lowest BCUT2D eigenvalue weighted by atomic mass is 10.0. The second-order valence-corrected chi connectivity index (χ2v) is 9.46. The normalized spacial score (nSPS) is 16.0. The molecular formula is C28H50O4. The molecule has 1 aliphatic heterocycles. The number of hydrogen-bond donors (Lipinski definition) is 0. The quantitative estimate of drug-likeness (QED) is 0.130. The maximum atomic E-state index is 12.0. The number of ketones is 1. The smallest absolute Gasteiger partial charge is 0.311 e. The average Bonchev–Trinajstić information content (AvgIpc) is 3.06. The van der Waals surface area contributed by atoms with Gasteiger partial charge in [0.1, 0.15) is 5.76 Å². The van der Waals surface area contributed by atoms with Gasteiger partial charge in [0, 0.05) is 12.8 Å². The van der Waals surface area contributed by atoms with E-state index < -0.39 is 6.10 Å². The van der Waals surface area contributed by atoms with Crippen LogP contribution >= 0.6 is 0 Å². The van der Waals surface area contributed by atoms with Crippen LogP contribution in [0.3, 0.4) is 0 Å². The molecule has 1 heterocycles. The van der Waals surface area contributed by atoms with Crippen molar-refractivity contribution < 1.29 is 19.1 Å². The van der Waals surface area contributed by atoms with Crippen molar-refractivity contribution in [3.63, 3.8) is 0 Å². The van der Waals surface area contributed by atoms with E-state index in [9.17, 15) is 9.59 Å². The standard InChI is InChI=1S/C28H50O4/c1-4-6-7-8-9-10-11-12-13-14-15-16-17-18-19-20-21-22-23-26(29)32-28-25(5-2)31-24(3)27(28)30/h24H,4-23H2,1-3H3. The summed E-state index contributed by atoms with van der Waals surface area (Å²) in [6.07, 6.45) is 24.3. The van der Waals surface area contributed by atoms with Crippen molar-refractivity contribution >= 4 is 11.8 Å². The molecule has 0 aromatic heterocycles. The third kappa shape index (κ3) is 13.3. The summed E-state index contributed by atoms with van der Waals surface area (Å²) in [6, 6.07) is 0. The predicted molar refractivity (Wildman–Crippen MR) is 132 cm³/mol. The summed E-state index contributed by atoms with van der Waals surface area (Å²) >= 11 is 0. The number of hydrogen-bond acceptors (Lipinski definition) is 4. The highest BCUT2D eigenvalue weighted by atomic mass is 16.6. The molecule has 0 aliphatic carbocycles. The Bertz CT molecular complexity index is 538. The molecular weight excluding hydrogens is 400 g/mol. The zero-order valence-corrected chi connectivity index (χ0v) is 21.4. The van der Waals surface area contributed by atoms with Crippen LogP contribution in [0.25, 0.3) is 0 Å². The number of ether oxygens (including phenoxy) is 2. The van der Waals surface area contributed by atoms with Gasteiger partial charge < -0.3 is 9.47 Å². The van der Waals surface area contributed by atoms with Gasteiger partial charge in [0.05, 0.1) is 0 Å². The first-order valence-electron chi connectivity index (χ1n) is 13.7. The third-order valence-corrected chi connectivity index (χ3v) is 6.44. The summed E-state index contributed by atoms with van der Waals surface area (Å²) < 4.78 is 10.7. The van der Waals surface area contributed by atoms with Crippen molar-refractivity contribution in [2.75, 3.05) is 0 Å². The summed E-state index contributed by atoms with van der Waals surface area (Å²) in [5, 5.41) is 0. The summed E-state index contributed by atoms with van der Waals surface area (Å²) in [4.78, 5) is 24.0. The molecule has 0 saturated heterocycles. The minimum atomic E-state index is -0.530. The van der Waals surface area contributed by atoms with Gasteiger partial charge in [-0.25, -0.2) is 0 Å². The van der Waals surface area contributed by atoms with Crippen LogP contribution in [-0.4, -0.2) is 17.9 Å². The van der Waals surface area contributed by atoms with Crippen LogP contribution in [0.2, 0.25) is 0 Å². The van der Waals surface area contributed by atoms with Crippen LogP contribution in [0, 0.1) is 0 Å². The maximum absolute atomic E-state index is 12.0. The molecule has 1 rings (SSSR count). The largest absolute Gasteiger partial charge is 0.483 e. The molecule has 0 spiro atoms. The SMILES string of the molecule is CCCCCCCCCCCCCCCCCCCCC(=O)OC1=C(CC)OC(C)C1=O. The van der Waals surface area contributed by atoms with Gasteiger partial charge >= 0.3 is 5.97 Å². The van der Waals surface area contributed by atoms with E-state index in [0.717, 1.165) is 12.8 Å². The first-order valence-corrected chi connectivity index (χ1v) is 13.7. The van der Waals surface area contributed by atoms with E-state index in [-0.39, 0.29) is 17.5 Å². The highest BCUT2D eigenvalue weighted by Gasteiger charge is 2.33. The van der Waals surface area contributed by atoms with Crippen LogP contribution in [0.5, 0.6) is 0 Å². The molecule has 1 aliphatic rings. The molecule has 32 heavy (non-hydrogen) atoms. The molecule has 0 amide bonds. The molecule has 0 aromatic carbocycles. The zero-order valence-electron chi connectivity index (χ0n) is 21.4. The zero-order chi connectivity index (χ0) is 23.4.